The normalized spacial score (nSPS) is 34.9. The summed E-state index contributed by atoms with van der Waals surface area (Å²) < 4.78 is 0. The van der Waals surface area contributed by atoms with Gasteiger partial charge in [-0.1, -0.05) is 19.8 Å². The third-order valence-electron chi connectivity index (χ3n) is 3.94. The summed E-state index contributed by atoms with van der Waals surface area (Å²) in [5.41, 5.74) is 0. The van der Waals surface area contributed by atoms with Crippen LogP contribution in [0, 0.1) is 11.8 Å². The van der Waals surface area contributed by atoms with Crippen LogP contribution < -0.4 is 10.6 Å². The van der Waals surface area contributed by atoms with Crippen LogP contribution in [0.1, 0.15) is 45.4 Å². The molecule has 3 atom stereocenters. The summed E-state index contributed by atoms with van der Waals surface area (Å²) in [4.78, 5) is 11.8. The van der Waals surface area contributed by atoms with E-state index < -0.39 is 0 Å². The lowest BCUT2D eigenvalue weighted by Crippen LogP contribution is -2.37. The van der Waals surface area contributed by atoms with E-state index in [1.54, 1.807) is 0 Å². The van der Waals surface area contributed by atoms with Gasteiger partial charge in [-0.25, -0.2) is 0 Å². The van der Waals surface area contributed by atoms with Crippen LogP contribution in [-0.2, 0) is 4.79 Å². The highest BCUT2D eigenvalue weighted by atomic mass is 16.1. The van der Waals surface area contributed by atoms with Gasteiger partial charge in [-0.3, -0.25) is 4.79 Å². The van der Waals surface area contributed by atoms with E-state index in [0.717, 1.165) is 31.8 Å². The summed E-state index contributed by atoms with van der Waals surface area (Å²) in [5, 5.41) is 6.41. The van der Waals surface area contributed by atoms with Crippen LogP contribution in [0.5, 0.6) is 0 Å². The molecule has 1 heterocycles. The van der Waals surface area contributed by atoms with Crippen LogP contribution >= 0.6 is 0 Å². The van der Waals surface area contributed by atoms with E-state index in [2.05, 4.69) is 17.6 Å². The molecule has 1 saturated heterocycles. The van der Waals surface area contributed by atoms with Gasteiger partial charge < -0.3 is 10.6 Å². The first-order valence-corrected chi connectivity index (χ1v) is 6.74. The SMILES string of the molecule is CC1CCCC(CC(=O)NC2CCNC2)C1. The van der Waals surface area contributed by atoms with E-state index in [1.807, 2.05) is 0 Å². The molecule has 1 amide bonds. The molecule has 1 saturated carbocycles. The van der Waals surface area contributed by atoms with Crippen molar-refractivity contribution >= 4 is 5.91 Å². The molecule has 2 fully saturated rings. The molecule has 0 aromatic rings. The molecule has 16 heavy (non-hydrogen) atoms. The van der Waals surface area contributed by atoms with Crippen molar-refractivity contribution in [2.45, 2.75) is 51.5 Å². The highest BCUT2D eigenvalue weighted by Crippen LogP contribution is 2.30. The number of rotatable bonds is 3. The van der Waals surface area contributed by atoms with Crippen molar-refractivity contribution in [1.82, 2.24) is 10.6 Å². The topological polar surface area (TPSA) is 41.1 Å². The summed E-state index contributed by atoms with van der Waals surface area (Å²) in [6.45, 7) is 4.31. The number of carbonyl (C=O) groups excluding carboxylic acids is 1. The van der Waals surface area contributed by atoms with Crippen molar-refractivity contribution in [3.8, 4) is 0 Å². The smallest absolute Gasteiger partial charge is 0.220 e. The number of hydrogen-bond donors (Lipinski definition) is 2. The molecule has 0 aromatic heterocycles. The first-order valence-electron chi connectivity index (χ1n) is 6.74. The fraction of sp³-hybridized carbons (Fsp3) is 0.923. The summed E-state index contributed by atoms with van der Waals surface area (Å²) in [6.07, 6.45) is 7.00. The molecule has 1 aliphatic heterocycles. The molecule has 3 nitrogen and oxygen atoms in total. The van der Waals surface area contributed by atoms with E-state index in [4.69, 9.17) is 0 Å². The third kappa shape index (κ3) is 3.48. The lowest BCUT2D eigenvalue weighted by atomic mass is 9.81. The van der Waals surface area contributed by atoms with Crippen LogP contribution in [0.15, 0.2) is 0 Å². The monoisotopic (exact) mass is 224 g/mol. The Labute approximate surface area is 98.4 Å². The minimum Gasteiger partial charge on any atom is -0.352 e. The molecule has 3 unspecified atom stereocenters. The highest BCUT2D eigenvalue weighted by molar-refractivity contribution is 5.76. The molecule has 0 radical (unpaired) electrons. The standard InChI is InChI=1S/C13H24N2O/c1-10-3-2-4-11(7-10)8-13(16)15-12-5-6-14-9-12/h10-12,14H,2-9H2,1H3,(H,15,16). The molecular formula is C13H24N2O. The van der Waals surface area contributed by atoms with Gasteiger partial charge in [0.05, 0.1) is 0 Å². The maximum absolute atomic E-state index is 11.8. The summed E-state index contributed by atoms with van der Waals surface area (Å²) in [5.74, 6) is 1.73. The Morgan fingerprint density at radius 3 is 2.94 bits per heavy atom. The summed E-state index contributed by atoms with van der Waals surface area (Å²) >= 11 is 0. The second-order valence-corrected chi connectivity index (χ2v) is 5.60. The number of amides is 1. The van der Waals surface area contributed by atoms with Gasteiger partial charge in [-0.15, -0.1) is 0 Å². The van der Waals surface area contributed by atoms with Crippen LogP contribution in [0.25, 0.3) is 0 Å². The predicted octanol–water partition coefficient (Wildman–Crippen LogP) is 1.68. The molecule has 0 spiro atoms. The first kappa shape index (κ1) is 11.9. The maximum atomic E-state index is 11.8. The largest absolute Gasteiger partial charge is 0.352 e. The third-order valence-corrected chi connectivity index (χ3v) is 3.94. The van der Waals surface area contributed by atoms with Gasteiger partial charge in [0.25, 0.3) is 0 Å². The Hall–Kier alpha value is -0.570. The van der Waals surface area contributed by atoms with Crippen molar-refractivity contribution in [2.75, 3.05) is 13.1 Å². The fourth-order valence-electron chi connectivity index (χ4n) is 3.07. The van der Waals surface area contributed by atoms with Gasteiger partial charge in [0.15, 0.2) is 0 Å². The van der Waals surface area contributed by atoms with Crippen LogP contribution in [0.4, 0.5) is 0 Å². The van der Waals surface area contributed by atoms with Gasteiger partial charge >= 0.3 is 0 Å². The zero-order valence-corrected chi connectivity index (χ0v) is 10.3. The van der Waals surface area contributed by atoms with E-state index >= 15 is 0 Å². The average Bonchev–Trinajstić information content (AvgIpc) is 2.70. The zero-order valence-electron chi connectivity index (χ0n) is 10.3. The quantitative estimate of drug-likeness (QED) is 0.766. The van der Waals surface area contributed by atoms with E-state index in [-0.39, 0.29) is 5.91 Å². The maximum Gasteiger partial charge on any atom is 0.220 e. The molecular weight excluding hydrogens is 200 g/mol. The highest BCUT2D eigenvalue weighted by Gasteiger charge is 2.23. The lowest BCUT2D eigenvalue weighted by molar-refractivity contribution is -0.122. The van der Waals surface area contributed by atoms with Gasteiger partial charge in [0.1, 0.15) is 0 Å². The molecule has 0 aromatic carbocycles. The van der Waals surface area contributed by atoms with Crippen LogP contribution in [0.2, 0.25) is 0 Å². The Bertz CT molecular complexity index is 236. The predicted molar refractivity (Wildman–Crippen MR) is 65.2 cm³/mol. The van der Waals surface area contributed by atoms with Crippen molar-refractivity contribution in [1.29, 1.82) is 0 Å². The second-order valence-electron chi connectivity index (χ2n) is 5.60. The van der Waals surface area contributed by atoms with Crippen molar-refractivity contribution in [3.63, 3.8) is 0 Å². The van der Waals surface area contributed by atoms with Gasteiger partial charge in [-0.2, -0.15) is 0 Å². The van der Waals surface area contributed by atoms with Crippen LogP contribution in [-0.4, -0.2) is 25.0 Å². The van der Waals surface area contributed by atoms with Gasteiger partial charge in [-0.05, 0) is 37.6 Å². The Kier molecular flexibility index (Phi) is 4.22. The van der Waals surface area contributed by atoms with Crippen molar-refractivity contribution in [2.24, 2.45) is 11.8 Å². The molecule has 2 aliphatic rings. The van der Waals surface area contributed by atoms with Gasteiger partial charge in [0.2, 0.25) is 5.91 Å². The molecule has 92 valence electrons. The minimum absolute atomic E-state index is 0.271. The van der Waals surface area contributed by atoms with Gasteiger partial charge in [0, 0.05) is 19.0 Å². The molecule has 2 rings (SSSR count). The summed E-state index contributed by atoms with van der Waals surface area (Å²) in [6, 6.07) is 0.383. The average molecular weight is 224 g/mol. The zero-order chi connectivity index (χ0) is 11.4. The second kappa shape index (κ2) is 5.67. The Balaban J connectivity index is 1.69. The Morgan fingerprint density at radius 1 is 1.38 bits per heavy atom. The minimum atomic E-state index is 0.271. The first-order chi connectivity index (χ1) is 7.74. The molecule has 3 heteroatoms. The van der Waals surface area contributed by atoms with E-state index in [0.29, 0.717) is 12.0 Å². The van der Waals surface area contributed by atoms with E-state index in [1.165, 1.54) is 25.7 Å². The Morgan fingerprint density at radius 2 is 2.25 bits per heavy atom. The van der Waals surface area contributed by atoms with Crippen LogP contribution in [0.3, 0.4) is 0 Å². The van der Waals surface area contributed by atoms with E-state index in [9.17, 15) is 4.79 Å². The van der Waals surface area contributed by atoms with Crippen molar-refractivity contribution in [3.05, 3.63) is 0 Å². The fourth-order valence-corrected chi connectivity index (χ4v) is 3.07. The molecule has 0 bridgehead atoms. The lowest BCUT2D eigenvalue weighted by Gasteiger charge is -2.26. The van der Waals surface area contributed by atoms with Crippen molar-refractivity contribution < 1.29 is 4.79 Å². The number of nitrogens with one attached hydrogen (secondary N) is 2. The molecule has 1 aliphatic carbocycles. The summed E-state index contributed by atoms with van der Waals surface area (Å²) in [7, 11) is 0. The number of carbonyl (C=O) groups is 1. The number of hydrogen-bond acceptors (Lipinski definition) is 2. The molecule has 2 N–H and O–H groups in total.